The standard InChI is InChI=1S/C4H6O3/c1-2-3-7-4(5)6/h2-3H,1H3,(H,5,6)/b3-2-. The Bertz CT molecular complexity index is 84.9. The number of rotatable bonds is 1. The first-order valence-electron chi connectivity index (χ1n) is 1.78. The lowest BCUT2D eigenvalue weighted by atomic mass is 10.7. The zero-order valence-electron chi connectivity index (χ0n) is 3.92. The molecule has 0 amide bonds. The molecule has 0 spiro atoms. The Balaban J connectivity index is 3.14. The Kier molecular flexibility index (Phi) is 2.76. The van der Waals surface area contributed by atoms with E-state index < -0.39 is 6.16 Å². The SMILES string of the molecule is C/C=C\OC(=O)O. The van der Waals surface area contributed by atoms with Gasteiger partial charge in [-0.25, -0.2) is 4.79 Å². The number of carboxylic acid groups (broad SMARTS) is 1. The second kappa shape index (κ2) is 3.21. The lowest BCUT2D eigenvalue weighted by Crippen LogP contribution is -1.90. The predicted molar refractivity (Wildman–Crippen MR) is 23.9 cm³/mol. The zero-order valence-corrected chi connectivity index (χ0v) is 3.92. The fourth-order valence-electron chi connectivity index (χ4n) is 0.126. The quantitative estimate of drug-likeness (QED) is 0.400. The molecular weight excluding hydrogens is 96.0 g/mol. The van der Waals surface area contributed by atoms with Crippen LogP contribution in [0.15, 0.2) is 12.3 Å². The number of carbonyl (C=O) groups is 1. The van der Waals surface area contributed by atoms with Crippen molar-refractivity contribution in [1.29, 1.82) is 0 Å². The number of hydrogen-bond acceptors (Lipinski definition) is 2. The van der Waals surface area contributed by atoms with Gasteiger partial charge in [0.15, 0.2) is 0 Å². The topological polar surface area (TPSA) is 46.5 Å². The van der Waals surface area contributed by atoms with E-state index in [-0.39, 0.29) is 0 Å². The summed E-state index contributed by atoms with van der Waals surface area (Å²) in [6.45, 7) is 1.67. The number of ether oxygens (including phenoxy) is 1. The maximum absolute atomic E-state index is 9.48. The maximum atomic E-state index is 9.48. The van der Waals surface area contributed by atoms with Crippen LogP contribution in [0, 0.1) is 0 Å². The Morgan fingerprint density at radius 3 is 2.57 bits per heavy atom. The molecule has 7 heavy (non-hydrogen) atoms. The summed E-state index contributed by atoms with van der Waals surface area (Å²) in [5, 5.41) is 7.77. The minimum absolute atomic E-state index is 1.10. The Hall–Kier alpha value is -0.990. The third-order valence-corrected chi connectivity index (χ3v) is 0.305. The zero-order chi connectivity index (χ0) is 5.70. The highest BCUT2D eigenvalue weighted by Gasteiger charge is 1.85. The predicted octanol–water partition coefficient (Wildman–Crippen LogP) is 1.21. The molecule has 3 nitrogen and oxygen atoms in total. The molecule has 40 valence electrons. The number of hydrogen-bond donors (Lipinski definition) is 1. The first-order valence-corrected chi connectivity index (χ1v) is 1.78. The fraction of sp³-hybridized carbons (Fsp3) is 0.250. The second-order valence-electron chi connectivity index (χ2n) is 0.853. The van der Waals surface area contributed by atoms with Crippen molar-refractivity contribution >= 4 is 6.16 Å². The minimum atomic E-state index is -1.28. The molecule has 0 aromatic heterocycles. The van der Waals surface area contributed by atoms with Crippen LogP contribution in [-0.4, -0.2) is 11.3 Å². The molecule has 0 atom stereocenters. The van der Waals surface area contributed by atoms with Gasteiger partial charge >= 0.3 is 6.16 Å². The fourth-order valence-corrected chi connectivity index (χ4v) is 0.126. The van der Waals surface area contributed by atoms with Gasteiger partial charge in [-0.1, -0.05) is 6.08 Å². The molecule has 0 heterocycles. The van der Waals surface area contributed by atoms with Gasteiger partial charge < -0.3 is 9.84 Å². The highest BCUT2D eigenvalue weighted by molar-refractivity contribution is 5.57. The van der Waals surface area contributed by atoms with E-state index in [1.54, 1.807) is 6.92 Å². The van der Waals surface area contributed by atoms with Gasteiger partial charge in [0, 0.05) is 0 Å². The summed E-state index contributed by atoms with van der Waals surface area (Å²) >= 11 is 0. The summed E-state index contributed by atoms with van der Waals surface area (Å²) in [5.41, 5.74) is 0. The monoisotopic (exact) mass is 102 g/mol. The third-order valence-electron chi connectivity index (χ3n) is 0.305. The van der Waals surface area contributed by atoms with E-state index in [1.807, 2.05) is 0 Å². The highest BCUT2D eigenvalue weighted by Crippen LogP contribution is 1.75. The molecule has 0 aromatic carbocycles. The van der Waals surface area contributed by atoms with Crippen molar-refractivity contribution < 1.29 is 14.6 Å². The summed E-state index contributed by atoms with van der Waals surface area (Å²) in [4.78, 5) is 9.48. The van der Waals surface area contributed by atoms with E-state index in [0.717, 1.165) is 6.26 Å². The summed E-state index contributed by atoms with van der Waals surface area (Å²) in [6, 6.07) is 0. The molecule has 0 aliphatic heterocycles. The molecule has 0 aliphatic carbocycles. The lowest BCUT2D eigenvalue weighted by molar-refractivity contribution is 0.128. The molecule has 0 aromatic rings. The molecule has 0 saturated heterocycles. The van der Waals surface area contributed by atoms with E-state index in [2.05, 4.69) is 4.74 Å². The number of allylic oxidation sites excluding steroid dienone is 1. The highest BCUT2D eigenvalue weighted by atomic mass is 16.7. The van der Waals surface area contributed by atoms with Gasteiger partial charge in [0.05, 0.1) is 6.26 Å². The lowest BCUT2D eigenvalue weighted by Gasteiger charge is -1.83. The molecule has 0 aliphatic rings. The summed E-state index contributed by atoms with van der Waals surface area (Å²) < 4.78 is 3.93. The van der Waals surface area contributed by atoms with Gasteiger partial charge in [0.2, 0.25) is 0 Å². The van der Waals surface area contributed by atoms with Gasteiger partial charge in [-0.15, -0.1) is 0 Å². The van der Waals surface area contributed by atoms with Crippen molar-refractivity contribution in [3.63, 3.8) is 0 Å². The summed E-state index contributed by atoms with van der Waals surface area (Å²) in [6.07, 6.45) is 1.31. The maximum Gasteiger partial charge on any atom is 0.510 e. The first-order chi connectivity index (χ1) is 3.27. The second-order valence-corrected chi connectivity index (χ2v) is 0.853. The van der Waals surface area contributed by atoms with Gasteiger partial charge in [0.25, 0.3) is 0 Å². The van der Waals surface area contributed by atoms with Crippen LogP contribution in [-0.2, 0) is 4.74 Å². The Labute approximate surface area is 41.2 Å². The van der Waals surface area contributed by atoms with E-state index >= 15 is 0 Å². The Morgan fingerprint density at radius 2 is 2.43 bits per heavy atom. The van der Waals surface area contributed by atoms with E-state index in [9.17, 15) is 4.79 Å². The van der Waals surface area contributed by atoms with Gasteiger partial charge in [-0.2, -0.15) is 0 Å². The van der Waals surface area contributed by atoms with Crippen LogP contribution in [0.1, 0.15) is 6.92 Å². The average Bonchev–Trinajstić information content (AvgIpc) is 1.61. The summed E-state index contributed by atoms with van der Waals surface area (Å²) in [7, 11) is 0. The van der Waals surface area contributed by atoms with Gasteiger partial charge in [-0.3, -0.25) is 0 Å². The van der Waals surface area contributed by atoms with Gasteiger partial charge in [0.1, 0.15) is 0 Å². The smallest absolute Gasteiger partial charge is 0.449 e. The molecular formula is C4H6O3. The van der Waals surface area contributed by atoms with Crippen molar-refractivity contribution in [3.05, 3.63) is 12.3 Å². The third kappa shape index (κ3) is 5.01. The van der Waals surface area contributed by atoms with Gasteiger partial charge in [-0.05, 0) is 6.92 Å². The van der Waals surface area contributed by atoms with Crippen molar-refractivity contribution in [2.24, 2.45) is 0 Å². The molecule has 0 fully saturated rings. The first kappa shape index (κ1) is 6.01. The largest absolute Gasteiger partial charge is 0.510 e. The van der Waals surface area contributed by atoms with Crippen LogP contribution >= 0.6 is 0 Å². The molecule has 1 N–H and O–H groups in total. The molecule has 0 bridgehead atoms. The van der Waals surface area contributed by atoms with E-state index in [1.165, 1.54) is 6.08 Å². The van der Waals surface area contributed by atoms with Crippen LogP contribution in [0.5, 0.6) is 0 Å². The molecule has 0 unspecified atom stereocenters. The van der Waals surface area contributed by atoms with Crippen LogP contribution in [0.4, 0.5) is 4.79 Å². The Morgan fingerprint density at radius 1 is 1.86 bits per heavy atom. The molecule has 0 radical (unpaired) electrons. The molecule has 3 heteroatoms. The average molecular weight is 102 g/mol. The normalized spacial score (nSPS) is 9.29. The molecule has 0 saturated carbocycles. The van der Waals surface area contributed by atoms with E-state index in [4.69, 9.17) is 5.11 Å². The minimum Gasteiger partial charge on any atom is -0.449 e. The van der Waals surface area contributed by atoms with Crippen molar-refractivity contribution in [2.75, 3.05) is 0 Å². The van der Waals surface area contributed by atoms with Crippen molar-refractivity contribution in [3.8, 4) is 0 Å². The van der Waals surface area contributed by atoms with Crippen molar-refractivity contribution in [2.45, 2.75) is 6.92 Å². The van der Waals surface area contributed by atoms with Crippen molar-refractivity contribution in [1.82, 2.24) is 0 Å². The van der Waals surface area contributed by atoms with E-state index in [0.29, 0.717) is 0 Å². The van der Waals surface area contributed by atoms with Crippen LogP contribution in [0.3, 0.4) is 0 Å². The van der Waals surface area contributed by atoms with Crippen LogP contribution in [0.2, 0.25) is 0 Å². The van der Waals surface area contributed by atoms with Crippen LogP contribution in [0.25, 0.3) is 0 Å². The molecule has 0 rings (SSSR count). The van der Waals surface area contributed by atoms with Crippen LogP contribution < -0.4 is 0 Å². The summed E-state index contributed by atoms with van der Waals surface area (Å²) in [5.74, 6) is 0.